The largest absolute Gasteiger partial charge is 0.444 e. The minimum absolute atomic E-state index is 0.0730. The Bertz CT molecular complexity index is 1340. The molecule has 0 spiro atoms. The quantitative estimate of drug-likeness (QED) is 0.326. The minimum Gasteiger partial charge on any atom is -0.444 e. The van der Waals surface area contributed by atoms with Crippen LogP contribution in [0.15, 0.2) is 82.9 Å². The molecule has 1 saturated heterocycles. The van der Waals surface area contributed by atoms with E-state index in [1.165, 1.54) is 18.2 Å². The second-order valence-corrected chi connectivity index (χ2v) is 11.1. The predicted molar refractivity (Wildman–Crippen MR) is 145 cm³/mol. The summed E-state index contributed by atoms with van der Waals surface area (Å²) in [6.45, 7) is 6.63. The van der Waals surface area contributed by atoms with Crippen LogP contribution in [0.2, 0.25) is 0 Å². The molecule has 39 heavy (non-hydrogen) atoms. The van der Waals surface area contributed by atoms with Gasteiger partial charge in [-0.15, -0.1) is 0 Å². The van der Waals surface area contributed by atoms with Crippen molar-refractivity contribution in [2.24, 2.45) is 0 Å². The van der Waals surface area contributed by atoms with Crippen LogP contribution in [0, 0.1) is 0 Å². The highest BCUT2D eigenvalue weighted by atomic mass is 32.2. The first-order valence-electron chi connectivity index (χ1n) is 12.5. The lowest BCUT2D eigenvalue weighted by atomic mass is 10.1. The normalized spacial score (nSPS) is 14.6. The number of amides is 2. The molecule has 2 aromatic carbocycles. The SMILES string of the molecule is CC(C)(C)OC(=O)N1CCN(C(=O)/C=C/c2ccc(Sc3ccccc3-n3cccc3)c(C(F)(F)F)c2)CC1. The molecule has 1 fully saturated rings. The maximum atomic E-state index is 14.0. The average molecular weight is 558 g/mol. The number of alkyl halides is 3. The van der Waals surface area contributed by atoms with Crippen molar-refractivity contribution in [3.05, 3.63) is 84.2 Å². The highest BCUT2D eigenvalue weighted by Crippen LogP contribution is 2.41. The maximum Gasteiger partial charge on any atom is 0.417 e. The molecule has 0 atom stereocenters. The van der Waals surface area contributed by atoms with E-state index in [-0.39, 0.29) is 16.4 Å². The number of hydrogen-bond acceptors (Lipinski definition) is 4. The summed E-state index contributed by atoms with van der Waals surface area (Å²) in [6, 6.07) is 15.0. The number of benzene rings is 2. The molecule has 0 bridgehead atoms. The number of para-hydroxylation sites is 1. The molecule has 1 aliphatic heterocycles. The van der Waals surface area contributed by atoms with Gasteiger partial charge in [-0.25, -0.2) is 4.79 Å². The van der Waals surface area contributed by atoms with Crippen molar-refractivity contribution < 1.29 is 27.5 Å². The van der Waals surface area contributed by atoms with Gasteiger partial charge in [-0.3, -0.25) is 4.79 Å². The third-order valence-electron chi connectivity index (χ3n) is 5.94. The number of ether oxygens (including phenoxy) is 1. The third kappa shape index (κ3) is 7.47. The summed E-state index contributed by atoms with van der Waals surface area (Å²) in [5, 5.41) is 0. The lowest BCUT2D eigenvalue weighted by Crippen LogP contribution is -2.51. The Morgan fingerprint density at radius 3 is 2.15 bits per heavy atom. The Morgan fingerprint density at radius 2 is 1.51 bits per heavy atom. The van der Waals surface area contributed by atoms with E-state index in [9.17, 15) is 22.8 Å². The second kappa shape index (κ2) is 11.6. The fraction of sp³-hybridized carbons (Fsp3) is 0.310. The Balaban J connectivity index is 1.46. The molecule has 10 heteroatoms. The van der Waals surface area contributed by atoms with Crippen LogP contribution >= 0.6 is 11.8 Å². The van der Waals surface area contributed by atoms with Gasteiger partial charge in [-0.05, 0) is 68.8 Å². The second-order valence-electron chi connectivity index (χ2n) is 10.0. The Morgan fingerprint density at radius 1 is 0.872 bits per heavy atom. The lowest BCUT2D eigenvalue weighted by Gasteiger charge is -2.35. The summed E-state index contributed by atoms with van der Waals surface area (Å²) in [5.41, 5.74) is -0.328. The molecule has 4 rings (SSSR count). The molecule has 3 aromatic rings. The van der Waals surface area contributed by atoms with Crippen LogP contribution < -0.4 is 0 Å². The van der Waals surface area contributed by atoms with E-state index in [4.69, 9.17) is 4.74 Å². The average Bonchev–Trinajstić information content (AvgIpc) is 3.41. The number of halogens is 3. The summed E-state index contributed by atoms with van der Waals surface area (Å²) in [6.07, 6.45) is 1.33. The summed E-state index contributed by atoms with van der Waals surface area (Å²) in [4.78, 5) is 28.8. The summed E-state index contributed by atoms with van der Waals surface area (Å²) in [7, 11) is 0. The fourth-order valence-corrected chi connectivity index (χ4v) is 5.12. The number of rotatable bonds is 5. The first-order chi connectivity index (χ1) is 18.4. The maximum absolute atomic E-state index is 14.0. The van der Waals surface area contributed by atoms with Crippen LogP contribution in [0.4, 0.5) is 18.0 Å². The monoisotopic (exact) mass is 557 g/mol. The molecule has 2 heterocycles. The van der Waals surface area contributed by atoms with Crippen molar-refractivity contribution in [1.29, 1.82) is 0 Å². The van der Waals surface area contributed by atoms with E-state index in [1.807, 2.05) is 41.2 Å². The van der Waals surface area contributed by atoms with Gasteiger partial charge < -0.3 is 19.1 Å². The van der Waals surface area contributed by atoms with Crippen molar-refractivity contribution in [2.45, 2.75) is 42.3 Å². The molecule has 0 saturated carbocycles. The van der Waals surface area contributed by atoms with E-state index in [2.05, 4.69) is 0 Å². The fourth-order valence-electron chi connectivity index (χ4n) is 4.04. The van der Waals surface area contributed by atoms with E-state index >= 15 is 0 Å². The van der Waals surface area contributed by atoms with Crippen LogP contribution in [0.25, 0.3) is 11.8 Å². The molecule has 1 aliphatic rings. The van der Waals surface area contributed by atoms with Crippen LogP contribution in [-0.4, -0.2) is 58.1 Å². The Kier molecular flexibility index (Phi) is 8.44. The smallest absolute Gasteiger partial charge is 0.417 e. The number of nitrogens with zero attached hydrogens (tertiary/aromatic N) is 3. The van der Waals surface area contributed by atoms with Crippen LogP contribution in [0.5, 0.6) is 0 Å². The predicted octanol–water partition coefficient (Wildman–Crippen LogP) is 6.74. The number of carbonyl (C=O) groups is 2. The zero-order valence-corrected chi connectivity index (χ0v) is 22.8. The molecule has 0 unspecified atom stereocenters. The molecule has 0 radical (unpaired) electrons. The Hall–Kier alpha value is -3.66. The van der Waals surface area contributed by atoms with Gasteiger partial charge in [0.05, 0.1) is 11.3 Å². The molecule has 0 N–H and O–H groups in total. The Labute approximate surface area is 230 Å². The summed E-state index contributed by atoms with van der Waals surface area (Å²) < 4.78 is 49.3. The topological polar surface area (TPSA) is 54.8 Å². The van der Waals surface area contributed by atoms with Crippen molar-refractivity contribution in [3.8, 4) is 5.69 Å². The zero-order valence-electron chi connectivity index (χ0n) is 21.9. The number of hydrogen-bond donors (Lipinski definition) is 0. The van der Waals surface area contributed by atoms with Crippen molar-refractivity contribution >= 4 is 29.8 Å². The van der Waals surface area contributed by atoms with Crippen LogP contribution in [-0.2, 0) is 15.7 Å². The van der Waals surface area contributed by atoms with Gasteiger partial charge in [0.1, 0.15) is 5.60 Å². The summed E-state index contributed by atoms with van der Waals surface area (Å²) in [5.74, 6) is -0.327. The number of piperazine rings is 1. The van der Waals surface area contributed by atoms with Gasteiger partial charge in [0.15, 0.2) is 0 Å². The summed E-state index contributed by atoms with van der Waals surface area (Å²) >= 11 is 1.04. The van der Waals surface area contributed by atoms with Gasteiger partial charge in [0.2, 0.25) is 5.91 Å². The van der Waals surface area contributed by atoms with Gasteiger partial charge in [-0.1, -0.05) is 30.0 Å². The standard InChI is InChI=1S/C29H30F3N3O3S/c1-28(2,3)38-27(37)35-18-16-34(17-19-35)26(36)13-11-21-10-12-24(22(20-21)29(30,31)32)39-25-9-5-4-8-23(25)33-14-6-7-15-33/h4-15,20H,16-19H2,1-3H3/b13-11+. The molecule has 6 nitrogen and oxygen atoms in total. The van der Waals surface area contributed by atoms with Crippen molar-refractivity contribution in [2.75, 3.05) is 26.2 Å². The van der Waals surface area contributed by atoms with Gasteiger partial charge in [0, 0.05) is 54.4 Å². The molecular weight excluding hydrogens is 527 g/mol. The van der Waals surface area contributed by atoms with Crippen LogP contribution in [0.3, 0.4) is 0 Å². The van der Waals surface area contributed by atoms with Crippen LogP contribution in [0.1, 0.15) is 31.9 Å². The molecular formula is C29H30F3N3O3S. The third-order valence-corrected chi connectivity index (χ3v) is 7.08. The number of carbonyl (C=O) groups excluding carboxylic acids is 2. The van der Waals surface area contributed by atoms with Crippen molar-refractivity contribution in [1.82, 2.24) is 14.4 Å². The van der Waals surface area contributed by atoms with Gasteiger partial charge >= 0.3 is 12.3 Å². The molecule has 2 amide bonds. The number of aromatic nitrogens is 1. The lowest BCUT2D eigenvalue weighted by molar-refractivity contribution is -0.139. The highest BCUT2D eigenvalue weighted by Gasteiger charge is 2.34. The van der Waals surface area contributed by atoms with E-state index in [1.54, 1.807) is 48.8 Å². The van der Waals surface area contributed by atoms with Gasteiger partial charge in [0.25, 0.3) is 0 Å². The van der Waals surface area contributed by atoms with E-state index in [0.29, 0.717) is 31.1 Å². The zero-order chi connectivity index (χ0) is 28.2. The van der Waals surface area contributed by atoms with E-state index in [0.717, 1.165) is 23.5 Å². The van der Waals surface area contributed by atoms with Gasteiger partial charge in [-0.2, -0.15) is 13.2 Å². The van der Waals surface area contributed by atoms with Crippen molar-refractivity contribution in [3.63, 3.8) is 0 Å². The molecule has 1 aromatic heterocycles. The first-order valence-corrected chi connectivity index (χ1v) is 13.3. The molecule has 0 aliphatic carbocycles. The molecule has 206 valence electrons. The minimum atomic E-state index is -4.57. The first kappa shape index (κ1) is 28.4. The highest BCUT2D eigenvalue weighted by molar-refractivity contribution is 7.99. The van der Waals surface area contributed by atoms with E-state index < -0.39 is 23.4 Å².